The van der Waals surface area contributed by atoms with E-state index in [1.807, 2.05) is 0 Å². The first kappa shape index (κ1) is 12.4. The minimum Gasteiger partial charge on any atom is -0.467 e. The van der Waals surface area contributed by atoms with Gasteiger partial charge in [0.1, 0.15) is 0 Å². The Kier molecular flexibility index (Phi) is 3.66. The van der Waals surface area contributed by atoms with Crippen molar-refractivity contribution in [1.29, 1.82) is 0 Å². The molecule has 0 saturated heterocycles. The van der Waals surface area contributed by atoms with Gasteiger partial charge in [-0.05, 0) is 29.8 Å². The van der Waals surface area contributed by atoms with E-state index >= 15 is 0 Å². The molecular formula is C10H6Cl3N3O. The highest BCUT2D eigenvalue weighted by Crippen LogP contribution is 2.29. The number of halogens is 3. The molecule has 0 unspecified atom stereocenters. The molecule has 17 heavy (non-hydrogen) atoms. The van der Waals surface area contributed by atoms with Crippen molar-refractivity contribution < 1.29 is 4.74 Å². The molecule has 0 aliphatic carbocycles. The van der Waals surface area contributed by atoms with Crippen molar-refractivity contribution >= 4 is 34.8 Å². The summed E-state index contributed by atoms with van der Waals surface area (Å²) in [6.45, 7) is 0. The van der Waals surface area contributed by atoms with Crippen LogP contribution in [0.1, 0.15) is 0 Å². The van der Waals surface area contributed by atoms with Crippen molar-refractivity contribution in [2.75, 3.05) is 7.11 Å². The molecule has 0 radical (unpaired) electrons. The molecule has 0 bridgehead atoms. The van der Waals surface area contributed by atoms with Crippen LogP contribution in [-0.2, 0) is 0 Å². The van der Waals surface area contributed by atoms with E-state index in [4.69, 9.17) is 39.5 Å². The van der Waals surface area contributed by atoms with Gasteiger partial charge in [0.25, 0.3) is 0 Å². The molecule has 1 aromatic heterocycles. The van der Waals surface area contributed by atoms with Crippen molar-refractivity contribution in [3.63, 3.8) is 0 Å². The van der Waals surface area contributed by atoms with Gasteiger partial charge in [0, 0.05) is 10.6 Å². The number of rotatable bonds is 2. The Morgan fingerprint density at radius 3 is 2.47 bits per heavy atom. The third kappa shape index (κ3) is 2.77. The third-order valence-electron chi connectivity index (χ3n) is 1.94. The average molecular weight is 291 g/mol. The first-order valence-electron chi connectivity index (χ1n) is 4.51. The van der Waals surface area contributed by atoms with Crippen LogP contribution in [0.15, 0.2) is 18.2 Å². The summed E-state index contributed by atoms with van der Waals surface area (Å²) in [5.41, 5.74) is 0.610. The predicted octanol–water partition coefficient (Wildman–Crippen LogP) is 3.51. The Morgan fingerprint density at radius 2 is 1.82 bits per heavy atom. The summed E-state index contributed by atoms with van der Waals surface area (Å²) < 4.78 is 4.90. The monoisotopic (exact) mass is 289 g/mol. The van der Waals surface area contributed by atoms with Crippen LogP contribution in [0, 0.1) is 0 Å². The van der Waals surface area contributed by atoms with Gasteiger partial charge in [-0.3, -0.25) is 0 Å². The topological polar surface area (TPSA) is 47.9 Å². The van der Waals surface area contributed by atoms with Crippen molar-refractivity contribution in [3.8, 4) is 17.4 Å². The van der Waals surface area contributed by atoms with Gasteiger partial charge in [-0.1, -0.05) is 23.2 Å². The molecular weight excluding hydrogens is 284 g/mol. The van der Waals surface area contributed by atoms with E-state index in [0.717, 1.165) is 0 Å². The minimum absolute atomic E-state index is 0.0397. The molecule has 4 nitrogen and oxygen atoms in total. The number of aromatic nitrogens is 3. The van der Waals surface area contributed by atoms with Gasteiger partial charge < -0.3 is 4.74 Å². The zero-order chi connectivity index (χ0) is 12.4. The van der Waals surface area contributed by atoms with E-state index in [2.05, 4.69) is 15.0 Å². The van der Waals surface area contributed by atoms with Gasteiger partial charge >= 0.3 is 6.01 Å². The normalized spacial score (nSPS) is 10.4. The fourth-order valence-electron chi connectivity index (χ4n) is 1.21. The molecule has 0 N–H and O–H groups in total. The van der Waals surface area contributed by atoms with E-state index in [1.165, 1.54) is 7.11 Å². The maximum atomic E-state index is 6.04. The Hall–Kier alpha value is -1.10. The lowest BCUT2D eigenvalue weighted by atomic mass is 10.2. The molecule has 0 atom stereocenters. The van der Waals surface area contributed by atoms with Crippen LogP contribution in [0.3, 0.4) is 0 Å². The smallest absolute Gasteiger partial charge is 0.321 e. The number of hydrogen-bond acceptors (Lipinski definition) is 4. The highest BCUT2D eigenvalue weighted by atomic mass is 35.5. The molecule has 0 amide bonds. The lowest BCUT2D eigenvalue weighted by molar-refractivity contribution is 0.379. The second-order valence-electron chi connectivity index (χ2n) is 3.04. The van der Waals surface area contributed by atoms with Crippen LogP contribution in [0.25, 0.3) is 11.4 Å². The summed E-state index contributed by atoms with van der Waals surface area (Å²) >= 11 is 17.6. The largest absolute Gasteiger partial charge is 0.467 e. The fraction of sp³-hybridized carbons (Fsp3) is 0.100. The molecule has 0 spiro atoms. The Bertz CT molecular complexity index is 562. The van der Waals surface area contributed by atoms with Crippen molar-refractivity contribution in [3.05, 3.63) is 33.5 Å². The van der Waals surface area contributed by atoms with Crippen molar-refractivity contribution in [2.24, 2.45) is 0 Å². The van der Waals surface area contributed by atoms with E-state index < -0.39 is 0 Å². The summed E-state index contributed by atoms with van der Waals surface area (Å²) in [7, 11) is 1.44. The van der Waals surface area contributed by atoms with Gasteiger partial charge in [-0.15, -0.1) is 0 Å². The molecule has 0 aliphatic rings. The molecule has 1 aromatic carbocycles. The standard InChI is InChI=1S/C10H6Cl3N3O/c1-17-10-15-8(14-9(13)16-10)6-3-2-5(11)4-7(6)12/h2-4H,1H3. The molecule has 88 valence electrons. The third-order valence-corrected chi connectivity index (χ3v) is 2.66. The zero-order valence-electron chi connectivity index (χ0n) is 8.62. The van der Waals surface area contributed by atoms with Crippen LogP contribution in [0.2, 0.25) is 15.3 Å². The van der Waals surface area contributed by atoms with Gasteiger partial charge in [0.15, 0.2) is 5.82 Å². The lowest BCUT2D eigenvalue weighted by Gasteiger charge is -2.05. The Balaban J connectivity index is 2.55. The summed E-state index contributed by atoms with van der Waals surface area (Å²) in [5, 5.41) is 1.01. The summed E-state index contributed by atoms with van der Waals surface area (Å²) in [5.74, 6) is 0.337. The quantitative estimate of drug-likeness (QED) is 0.849. The van der Waals surface area contributed by atoms with Crippen LogP contribution in [-0.4, -0.2) is 22.1 Å². The SMILES string of the molecule is COc1nc(Cl)nc(-c2ccc(Cl)cc2Cl)n1. The number of methoxy groups -OCH3 is 1. The van der Waals surface area contributed by atoms with Crippen LogP contribution in [0.4, 0.5) is 0 Å². The minimum atomic E-state index is 0.0397. The first-order chi connectivity index (χ1) is 8.10. The second-order valence-corrected chi connectivity index (χ2v) is 4.22. The van der Waals surface area contributed by atoms with Crippen LogP contribution in [0.5, 0.6) is 6.01 Å². The number of benzene rings is 1. The highest BCUT2D eigenvalue weighted by Gasteiger charge is 2.11. The highest BCUT2D eigenvalue weighted by molar-refractivity contribution is 6.36. The van der Waals surface area contributed by atoms with E-state index in [9.17, 15) is 0 Å². The average Bonchev–Trinajstić information content (AvgIpc) is 2.28. The zero-order valence-corrected chi connectivity index (χ0v) is 10.9. The van der Waals surface area contributed by atoms with Gasteiger partial charge in [0.2, 0.25) is 5.28 Å². The van der Waals surface area contributed by atoms with Gasteiger partial charge in [0.05, 0.1) is 12.1 Å². The van der Waals surface area contributed by atoms with Gasteiger partial charge in [-0.25, -0.2) is 0 Å². The van der Waals surface area contributed by atoms with E-state index in [1.54, 1.807) is 18.2 Å². The van der Waals surface area contributed by atoms with E-state index in [-0.39, 0.29) is 11.3 Å². The maximum absolute atomic E-state index is 6.04. The summed E-state index contributed by atoms with van der Waals surface area (Å²) in [6, 6.07) is 5.12. The van der Waals surface area contributed by atoms with Crippen molar-refractivity contribution in [1.82, 2.24) is 15.0 Å². The summed E-state index contributed by atoms with van der Waals surface area (Å²) in [4.78, 5) is 11.8. The molecule has 2 rings (SSSR count). The first-order valence-corrected chi connectivity index (χ1v) is 5.64. The Labute approximate surface area is 113 Å². The molecule has 0 saturated carbocycles. The second kappa shape index (κ2) is 5.04. The fourth-order valence-corrected chi connectivity index (χ4v) is 1.86. The van der Waals surface area contributed by atoms with Gasteiger partial charge in [-0.2, -0.15) is 15.0 Å². The number of hydrogen-bond donors (Lipinski definition) is 0. The molecule has 2 aromatic rings. The predicted molar refractivity (Wildman–Crippen MR) is 66.8 cm³/mol. The molecule has 0 fully saturated rings. The number of nitrogens with zero attached hydrogens (tertiary/aromatic N) is 3. The maximum Gasteiger partial charge on any atom is 0.321 e. The summed E-state index contributed by atoms with van der Waals surface area (Å²) in [6.07, 6.45) is 0. The number of ether oxygens (including phenoxy) is 1. The van der Waals surface area contributed by atoms with E-state index in [0.29, 0.717) is 21.4 Å². The van der Waals surface area contributed by atoms with Crippen LogP contribution >= 0.6 is 34.8 Å². The Morgan fingerprint density at radius 1 is 1.06 bits per heavy atom. The molecule has 7 heteroatoms. The lowest BCUT2D eigenvalue weighted by Crippen LogP contribution is -1.98. The van der Waals surface area contributed by atoms with Crippen molar-refractivity contribution in [2.45, 2.75) is 0 Å². The molecule has 0 aliphatic heterocycles. The molecule has 1 heterocycles. The van der Waals surface area contributed by atoms with Crippen LogP contribution < -0.4 is 4.74 Å².